The van der Waals surface area contributed by atoms with Crippen molar-refractivity contribution in [3.63, 3.8) is 0 Å². The first kappa shape index (κ1) is 15.9. The zero-order valence-electron chi connectivity index (χ0n) is 12.6. The molecule has 5 heteroatoms. The average Bonchev–Trinajstić information content (AvgIpc) is 2.62. The number of benzene rings is 3. The van der Waals surface area contributed by atoms with E-state index in [0.29, 0.717) is 10.6 Å². The summed E-state index contributed by atoms with van der Waals surface area (Å²) < 4.78 is 0. The van der Waals surface area contributed by atoms with Crippen molar-refractivity contribution in [2.45, 2.75) is 0 Å². The lowest BCUT2D eigenvalue weighted by atomic mass is 10.1. The standard InChI is InChI=1S/C19H13ClN2O2/c20-19-11-10-18(22(23)24)12-16(19)13-21-17-8-6-15(7-9-17)14-4-2-1-3-5-14/h1-13H. The predicted molar refractivity (Wildman–Crippen MR) is 97.2 cm³/mol. The first-order chi connectivity index (χ1) is 11.6. The van der Waals surface area contributed by atoms with Crippen LogP contribution in [0.3, 0.4) is 0 Å². The van der Waals surface area contributed by atoms with Crippen LogP contribution in [0.15, 0.2) is 77.8 Å². The van der Waals surface area contributed by atoms with E-state index in [-0.39, 0.29) is 5.69 Å². The van der Waals surface area contributed by atoms with Crippen LogP contribution >= 0.6 is 11.6 Å². The fourth-order valence-electron chi connectivity index (χ4n) is 2.26. The van der Waals surface area contributed by atoms with Crippen molar-refractivity contribution in [3.8, 4) is 11.1 Å². The molecule has 0 saturated heterocycles. The number of nitro groups is 1. The molecule has 0 atom stereocenters. The SMILES string of the molecule is O=[N+]([O-])c1ccc(Cl)c(C=Nc2ccc(-c3ccccc3)cc2)c1. The number of aliphatic imine (C=N–C) groups is 1. The zero-order valence-corrected chi connectivity index (χ0v) is 13.4. The molecule has 0 fully saturated rings. The molecule has 3 rings (SSSR count). The van der Waals surface area contributed by atoms with E-state index in [1.165, 1.54) is 24.4 Å². The summed E-state index contributed by atoms with van der Waals surface area (Å²) in [6.45, 7) is 0. The Hall–Kier alpha value is -2.98. The van der Waals surface area contributed by atoms with E-state index < -0.39 is 4.92 Å². The van der Waals surface area contributed by atoms with Gasteiger partial charge in [-0.25, -0.2) is 0 Å². The summed E-state index contributed by atoms with van der Waals surface area (Å²) in [6.07, 6.45) is 1.53. The van der Waals surface area contributed by atoms with Gasteiger partial charge in [-0.3, -0.25) is 15.1 Å². The van der Waals surface area contributed by atoms with E-state index in [1.807, 2.05) is 54.6 Å². The Labute approximate surface area is 144 Å². The van der Waals surface area contributed by atoms with Gasteiger partial charge in [0.25, 0.3) is 5.69 Å². The largest absolute Gasteiger partial charge is 0.270 e. The highest BCUT2D eigenvalue weighted by atomic mass is 35.5. The number of nitrogens with zero attached hydrogens (tertiary/aromatic N) is 2. The summed E-state index contributed by atoms with van der Waals surface area (Å²) in [7, 11) is 0. The maximum absolute atomic E-state index is 10.8. The Bertz CT molecular complexity index is 891. The van der Waals surface area contributed by atoms with E-state index in [2.05, 4.69) is 4.99 Å². The number of nitro benzene ring substituents is 1. The second-order valence-electron chi connectivity index (χ2n) is 5.13. The first-order valence-corrected chi connectivity index (χ1v) is 7.65. The number of rotatable bonds is 4. The highest BCUT2D eigenvalue weighted by molar-refractivity contribution is 6.33. The predicted octanol–water partition coefficient (Wildman–Crippen LogP) is 5.67. The van der Waals surface area contributed by atoms with Crippen LogP contribution in [-0.4, -0.2) is 11.1 Å². The fraction of sp³-hybridized carbons (Fsp3) is 0. The molecule has 0 N–H and O–H groups in total. The van der Waals surface area contributed by atoms with Crippen molar-refractivity contribution in [2.24, 2.45) is 4.99 Å². The number of halogens is 1. The molecular weight excluding hydrogens is 324 g/mol. The maximum Gasteiger partial charge on any atom is 0.270 e. The molecule has 0 bridgehead atoms. The van der Waals surface area contributed by atoms with Crippen LogP contribution in [-0.2, 0) is 0 Å². The molecule has 0 aromatic heterocycles. The van der Waals surface area contributed by atoms with Crippen LogP contribution in [0, 0.1) is 10.1 Å². The van der Waals surface area contributed by atoms with E-state index in [4.69, 9.17) is 11.6 Å². The van der Waals surface area contributed by atoms with Crippen LogP contribution in [0.25, 0.3) is 11.1 Å². The lowest BCUT2D eigenvalue weighted by Gasteiger charge is -2.02. The molecule has 0 amide bonds. The van der Waals surface area contributed by atoms with Gasteiger partial charge in [-0.2, -0.15) is 0 Å². The minimum atomic E-state index is -0.456. The van der Waals surface area contributed by atoms with Gasteiger partial charge < -0.3 is 0 Å². The van der Waals surface area contributed by atoms with Crippen LogP contribution in [0.1, 0.15) is 5.56 Å². The zero-order chi connectivity index (χ0) is 16.9. The maximum atomic E-state index is 10.8. The van der Waals surface area contributed by atoms with E-state index in [9.17, 15) is 10.1 Å². The average molecular weight is 337 g/mol. The molecule has 0 heterocycles. The summed E-state index contributed by atoms with van der Waals surface area (Å²) in [4.78, 5) is 14.7. The van der Waals surface area contributed by atoms with Crippen molar-refractivity contribution in [1.29, 1.82) is 0 Å². The van der Waals surface area contributed by atoms with Crippen LogP contribution in [0.2, 0.25) is 5.02 Å². The molecule has 0 unspecified atom stereocenters. The van der Waals surface area contributed by atoms with E-state index in [0.717, 1.165) is 16.8 Å². The van der Waals surface area contributed by atoms with Crippen LogP contribution in [0.5, 0.6) is 0 Å². The molecule has 3 aromatic carbocycles. The first-order valence-electron chi connectivity index (χ1n) is 7.27. The normalized spacial score (nSPS) is 10.9. The smallest absolute Gasteiger partial charge is 0.258 e. The highest BCUT2D eigenvalue weighted by Crippen LogP contribution is 2.24. The molecule has 0 spiro atoms. The number of non-ortho nitro benzene ring substituents is 1. The molecule has 4 nitrogen and oxygen atoms in total. The van der Waals surface area contributed by atoms with Crippen molar-refractivity contribution < 1.29 is 4.92 Å². The number of hydrogen-bond acceptors (Lipinski definition) is 3. The molecule has 0 radical (unpaired) electrons. The van der Waals surface area contributed by atoms with Crippen LogP contribution in [0.4, 0.5) is 11.4 Å². The van der Waals surface area contributed by atoms with Gasteiger partial charge in [-0.15, -0.1) is 0 Å². The molecule has 0 aliphatic rings. The van der Waals surface area contributed by atoms with Gasteiger partial charge in [-0.05, 0) is 29.3 Å². The van der Waals surface area contributed by atoms with Gasteiger partial charge in [-0.1, -0.05) is 54.1 Å². The number of hydrogen-bond donors (Lipinski definition) is 0. The lowest BCUT2D eigenvalue weighted by molar-refractivity contribution is -0.384. The molecule has 0 saturated carbocycles. The quantitative estimate of drug-likeness (QED) is 0.350. The van der Waals surface area contributed by atoms with E-state index in [1.54, 1.807) is 0 Å². The second kappa shape index (κ2) is 7.06. The monoisotopic (exact) mass is 336 g/mol. The summed E-state index contributed by atoms with van der Waals surface area (Å²) in [5.41, 5.74) is 3.48. The minimum absolute atomic E-state index is 0.0136. The Morgan fingerprint density at radius 2 is 1.58 bits per heavy atom. The summed E-state index contributed by atoms with van der Waals surface area (Å²) >= 11 is 6.06. The highest BCUT2D eigenvalue weighted by Gasteiger charge is 2.08. The molecule has 3 aromatic rings. The topological polar surface area (TPSA) is 55.5 Å². The summed E-state index contributed by atoms with van der Waals surface area (Å²) in [5.74, 6) is 0. The summed E-state index contributed by atoms with van der Waals surface area (Å²) in [6, 6.07) is 22.1. The van der Waals surface area contributed by atoms with Gasteiger partial charge >= 0.3 is 0 Å². The third-order valence-electron chi connectivity index (χ3n) is 3.52. The Balaban J connectivity index is 1.83. The van der Waals surface area contributed by atoms with Gasteiger partial charge in [0, 0.05) is 28.9 Å². The van der Waals surface area contributed by atoms with Gasteiger partial charge in [0.15, 0.2) is 0 Å². The third kappa shape index (κ3) is 3.67. The Kier molecular flexibility index (Phi) is 4.68. The molecule has 24 heavy (non-hydrogen) atoms. The Morgan fingerprint density at radius 3 is 2.25 bits per heavy atom. The summed E-state index contributed by atoms with van der Waals surface area (Å²) in [5, 5.41) is 11.3. The van der Waals surface area contributed by atoms with Crippen molar-refractivity contribution in [1.82, 2.24) is 0 Å². The van der Waals surface area contributed by atoms with Gasteiger partial charge in [0.05, 0.1) is 10.6 Å². The minimum Gasteiger partial charge on any atom is -0.258 e. The molecule has 118 valence electrons. The molecular formula is C19H13ClN2O2. The lowest BCUT2D eigenvalue weighted by Crippen LogP contribution is -1.90. The van der Waals surface area contributed by atoms with Crippen molar-refractivity contribution in [2.75, 3.05) is 0 Å². The van der Waals surface area contributed by atoms with Gasteiger partial charge in [0.2, 0.25) is 0 Å². The Morgan fingerprint density at radius 1 is 0.917 bits per heavy atom. The van der Waals surface area contributed by atoms with Crippen molar-refractivity contribution >= 4 is 29.2 Å². The van der Waals surface area contributed by atoms with Gasteiger partial charge in [0.1, 0.15) is 0 Å². The van der Waals surface area contributed by atoms with Crippen LogP contribution < -0.4 is 0 Å². The fourth-order valence-corrected chi connectivity index (χ4v) is 2.42. The molecule has 0 aliphatic carbocycles. The molecule has 0 aliphatic heterocycles. The third-order valence-corrected chi connectivity index (χ3v) is 3.86. The van der Waals surface area contributed by atoms with Crippen molar-refractivity contribution in [3.05, 3.63) is 93.5 Å². The van der Waals surface area contributed by atoms with E-state index >= 15 is 0 Å². The second-order valence-corrected chi connectivity index (χ2v) is 5.54.